The zero-order chi connectivity index (χ0) is 14.9. The van der Waals surface area contributed by atoms with E-state index in [0.29, 0.717) is 22.8 Å². The molecule has 104 valence electrons. The molecular weight excluding hydrogens is 281 g/mol. The molecule has 0 aliphatic rings. The van der Waals surface area contributed by atoms with Gasteiger partial charge in [-0.2, -0.15) is 0 Å². The number of rotatable bonds is 3. The van der Waals surface area contributed by atoms with Crippen molar-refractivity contribution in [3.63, 3.8) is 0 Å². The van der Waals surface area contributed by atoms with Gasteiger partial charge in [-0.05, 0) is 32.0 Å². The molecule has 6 heteroatoms. The molecule has 0 amide bonds. The van der Waals surface area contributed by atoms with Gasteiger partial charge in [-0.15, -0.1) is 0 Å². The number of ether oxygens (including phenoxy) is 1. The lowest BCUT2D eigenvalue weighted by molar-refractivity contribution is 0.477. The van der Waals surface area contributed by atoms with Gasteiger partial charge in [-0.3, -0.25) is 10.4 Å². The molecule has 4 nitrogen and oxygen atoms in total. The van der Waals surface area contributed by atoms with Crippen molar-refractivity contribution < 1.29 is 9.13 Å². The van der Waals surface area contributed by atoms with E-state index in [2.05, 4.69) is 4.98 Å². The number of aromatic nitrogens is 1. The summed E-state index contributed by atoms with van der Waals surface area (Å²) in [6, 6.07) is 5.48. The van der Waals surface area contributed by atoms with E-state index >= 15 is 0 Å². The second-order valence-electron chi connectivity index (χ2n) is 4.31. The highest BCUT2D eigenvalue weighted by Crippen LogP contribution is 2.32. The van der Waals surface area contributed by atoms with Crippen molar-refractivity contribution in [1.82, 2.24) is 4.98 Å². The molecule has 0 radical (unpaired) electrons. The van der Waals surface area contributed by atoms with Crippen LogP contribution in [0.3, 0.4) is 0 Å². The van der Waals surface area contributed by atoms with Gasteiger partial charge in [-0.1, -0.05) is 11.6 Å². The molecular formula is C14H13ClFN3O. The van der Waals surface area contributed by atoms with E-state index in [9.17, 15) is 4.39 Å². The lowest BCUT2D eigenvalue weighted by atomic mass is 10.1. The number of pyridine rings is 1. The fraction of sp³-hybridized carbons (Fsp3) is 0.143. The number of amidine groups is 1. The smallest absolute Gasteiger partial charge is 0.146 e. The van der Waals surface area contributed by atoms with Crippen LogP contribution in [-0.4, -0.2) is 10.8 Å². The van der Waals surface area contributed by atoms with Gasteiger partial charge in [0, 0.05) is 11.8 Å². The summed E-state index contributed by atoms with van der Waals surface area (Å²) in [5.41, 5.74) is 7.26. The number of aryl methyl sites for hydroxylation is 2. The Bertz CT molecular complexity index is 688. The quantitative estimate of drug-likeness (QED) is 0.671. The molecule has 1 aromatic carbocycles. The Labute approximate surface area is 120 Å². The van der Waals surface area contributed by atoms with Crippen molar-refractivity contribution >= 4 is 17.4 Å². The molecule has 0 aliphatic carbocycles. The van der Waals surface area contributed by atoms with Crippen LogP contribution in [0.4, 0.5) is 4.39 Å². The van der Waals surface area contributed by atoms with Gasteiger partial charge < -0.3 is 10.5 Å². The van der Waals surface area contributed by atoms with Crippen LogP contribution in [0, 0.1) is 25.1 Å². The first-order valence-corrected chi connectivity index (χ1v) is 6.22. The molecule has 1 heterocycles. The molecule has 3 N–H and O–H groups in total. The predicted octanol–water partition coefficient (Wildman–Crippen LogP) is 3.57. The third-order valence-electron chi connectivity index (χ3n) is 2.68. The minimum Gasteiger partial charge on any atom is -0.455 e. The number of nitrogen functional groups attached to an aromatic ring is 1. The Kier molecular flexibility index (Phi) is 3.90. The molecule has 0 aliphatic heterocycles. The van der Waals surface area contributed by atoms with Crippen LogP contribution in [0.2, 0.25) is 5.02 Å². The van der Waals surface area contributed by atoms with Gasteiger partial charge in [0.15, 0.2) is 0 Å². The Morgan fingerprint density at radius 1 is 1.30 bits per heavy atom. The second kappa shape index (κ2) is 5.46. The maximum absolute atomic E-state index is 13.0. The van der Waals surface area contributed by atoms with Gasteiger partial charge in [0.2, 0.25) is 0 Å². The molecule has 0 bridgehead atoms. The maximum Gasteiger partial charge on any atom is 0.146 e. The van der Waals surface area contributed by atoms with Crippen molar-refractivity contribution in [2.45, 2.75) is 13.8 Å². The van der Waals surface area contributed by atoms with Crippen LogP contribution in [-0.2, 0) is 0 Å². The Hall–Kier alpha value is -2.14. The average molecular weight is 294 g/mol. The normalized spacial score (nSPS) is 10.4. The standard InChI is InChI=1S/C14H13ClFN3O/c1-7-5-12(13(14(17)18)8(2)19-7)20-11-4-3-9(16)6-10(11)15/h3-6H,1-2H3,(H3,17,18). The Balaban J connectivity index is 2.50. The summed E-state index contributed by atoms with van der Waals surface area (Å²) in [7, 11) is 0. The third kappa shape index (κ3) is 2.88. The number of hydrogen-bond donors (Lipinski definition) is 2. The Morgan fingerprint density at radius 2 is 2.00 bits per heavy atom. The minimum absolute atomic E-state index is 0.145. The monoisotopic (exact) mass is 293 g/mol. The van der Waals surface area contributed by atoms with Crippen molar-refractivity contribution in [2.75, 3.05) is 0 Å². The van der Waals surface area contributed by atoms with Gasteiger partial charge in [0.25, 0.3) is 0 Å². The van der Waals surface area contributed by atoms with Crippen LogP contribution in [0.5, 0.6) is 11.5 Å². The van der Waals surface area contributed by atoms with Crippen molar-refractivity contribution in [3.05, 3.63) is 52.1 Å². The van der Waals surface area contributed by atoms with E-state index < -0.39 is 5.82 Å². The summed E-state index contributed by atoms with van der Waals surface area (Å²) in [6.07, 6.45) is 0. The number of halogens is 2. The number of nitrogens with two attached hydrogens (primary N) is 1. The summed E-state index contributed by atoms with van der Waals surface area (Å²) >= 11 is 5.93. The first-order chi connectivity index (χ1) is 9.38. The van der Waals surface area contributed by atoms with Crippen molar-refractivity contribution in [1.29, 1.82) is 5.41 Å². The van der Waals surface area contributed by atoms with E-state index in [-0.39, 0.29) is 10.9 Å². The third-order valence-corrected chi connectivity index (χ3v) is 2.97. The number of nitrogens with one attached hydrogen (secondary N) is 1. The lowest BCUT2D eigenvalue weighted by Crippen LogP contribution is -2.15. The highest BCUT2D eigenvalue weighted by molar-refractivity contribution is 6.32. The van der Waals surface area contributed by atoms with Gasteiger partial charge >= 0.3 is 0 Å². The van der Waals surface area contributed by atoms with E-state index in [1.165, 1.54) is 12.1 Å². The lowest BCUT2D eigenvalue weighted by Gasteiger charge is -2.14. The highest BCUT2D eigenvalue weighted by Gasteiger charge is 2.14. The molecule has 0 unspecified atom stereocenters. The number of nitrogens with zero attached hydrogens (tertiary/aromatic N) is 1. The molecule has 2 aromatic rings. The summed E-state index contributed by atoms with van der Waals surface area (Å²) in [6.45, 7) is 3.54. The summed E-state index contributed by atoms with van der Waals surface area (Å²) < 4.78 is 18.7. The van der Waals surface area contributed by atoms with Crippen molar-refractivity contribution in [3.8, 4) is 11.5 Å². The van der Waals surface area contributed by atoms with Crippen LogP contribution >= 0.6 is 11.6 Å². The molecule has 0 atom stereocenters. The molecule has 20 heavy (non-hydrogen) atoms. The molecule has 2 rings (SSSR count). The van der Waals surface area contributed by atoms with Crippen LogP contribution in [0.15, 0.2) is 24.3 Å². The van der Waals surface area contributed by atoms with Gasteiger partial charge in [0.05, 0.1) is 16.3 Å². The van der Waals surface area contributed by atoms with E-state index in [0.717, 1.165) is 11.8 Å². The minimum atomic E-state index is -0.448. The summed E-state index contributed by atoms with van der Waals surface area (Å²) in [5.74, 6) is 0.0658. The average Bonchev–Trinajstić information content (AvgIpc) is 2.31. The highest BCUT2D eigenvalue weighted by atomic mass is 35.5. The van der Waals surface area contributed by atoms with Crippen molar-refractivity contribution in [2.24, 2.45) is 5.73 Å². The first-order valence-electron chi connectivity index (χ1n) is 5.84. The summed E-state index contributed by atoms with van der Waals surface area (Å²) in [4.78, 5) is 4.24. The molecule has 1 aromatic heterocycles. The van der Waals surface area contributed by atoms with Gasteiger partial charge in [-0.25, -0.2) is 4.39 Å². The maximum atomic E-state index is 13.0. The van der Waals surface area contributed by atoms with Gasteiger partial charge in [0.1, 0.15) is 23.2 Å². The number of hydrogen-bond acceptors (Lipinski definition) is 3. The topological polar surface area (TPSA) is 72.0 Å². The van der Waals surface area contributed by atoms with Crippen LogP contribution in [0.25, 0.3) is 0 Å². The molecule has 0 fully saturated rings. The van der Waals surface area contributed by atoms with Crippen LogP contribution in [0.1, 0.15) is 17.0 Å². The SMILES string of the molecule is Cc1cc(Oc2ccc(F)cc2Cl)c(C(=N)N)c(C)n1. The first kappa shape index (κ1) is 14.3. The fourth-order valence-corrected chi connectivity index (χ4v) is 2.08. The Morgan fingerprint density at radius 3 is 2.60 bits per heavy atom. The summed E-state index contributed by atoms with van der Waals surface area (Å²) in [5, 5.41) is 7.75. The van der Waals surface area contributed by atoms with E-state index in [4.69, 9.17) is 27.5 Å². The molecule has 0 saturated carbocycles. The predicted molar refractivity (Wildman–Crippen MR) is 76.2 cm³/mol. The van der Waals surface area contributed by atoms with E-state index in [1.54, 1.807) is 19.9 Å². The van der Waals surface area contributed by atoms with E-state index in [1.807, 2.05) is 0 Å². The fourth-order valence-electron chi connectivity index (χ4n) is 1.88. The number of benzene rings is 1. The zero-order valence-corrected chi connectivity index (χ0v) is 11.8. The zero-order valence-electron chi connectivity index (χ0n) is 11.0. The van der Waals surface area contributed by atoms with Crippen LogP contribution < -0.4 is 10.5 Å². The largest absolute Gasteiger partial charge is 0.455 e. The second-order valence-corrected chi connectivity index (χ2v) is 4.72. The molecule has 0 saturated heterocycles. The molecule has 0 spiro atoms.